The third kappa shape index (κ3) is 5.41. The fourth-order valence-corrected chi connectivity index (χ4v) is 4.74. The molecule has 0 saturated carbocycles. The van der Waals surface area contributed by atoms with Crippen LogP contribution in [0.25, 0.3) is 0 Å². The van der Waals surface area contributed by atoms with E-state index in [1.54, 1.807) is 33.5 Å². The topological polar surface area (TPSA) is 63.3 Å². The summed E-state index contributed by atoms with van der Waals surface area (Å²) in [5.41, 5.74) is 5.51. The molecule has 1 unspecified atom stereocenters. The summed E-state index contributed by atoms with van der Waals surface area (Å²) in [7, 11) is 8.70. The maximum Gasteiger partial charge on any atom is 0.251 e. The van der Waals surface area contributed by atoms with E-state index in [0.29, 0.717) is 29.4 Å². The lowest BCUT2D eigenvalue weighted by Gasteiger charge is -2.36. The number of carbonyl (C=O) groups excluding carboxylic acids is 1. The molecule has 0 saturated heterocycles. The zero-order valence-corrected chi connectivity index (χ0v) is 21.7. The molecule has 0 spiro atoms. The van der Waals surface area contributed by atoms with Crippen molar-refractivity contribution < 1.29 is 19.0 Å². The van der Waals surface area contributed by atoms with Gasteiger partial charge in [-0.3, -0.25) is 9.69 Å². The summed E-state index contributed by atoms with van der Waals surface area (Å²) >= 11 is 0. The van der Waals surface area contributed by atoms with Crippen molar-refractivity contribution in [1.82, 2.24) is 10.2 Å². The summed E-state index contributed by atoms with van der Waals surface area (Å²) in [6.07, 6.45) is 0.989. The molecule has 190 valence electrons. The lowest BCUT2D eigenvalue weighted by molar-refractivity contribution is 0.0927. The third-order valence-corrected chi connectivity index (χ3v) is 6.78. The Bertz CT molecular complexity index is 1170. The van der Waals surface area contributed by atoms with Crippen LogP contribution >= 0.6 is 0 Å². The summed E-state index contributed by atoms with van der Waals surface area (Å²) in [5.74, 6) is 1.17. The molecule has 1 N–H and O–H groups in total. The molecular formula is C29H35N3O4. The monoisotopic (exact) mass is 489 g/mol. The number of nitrogens with one attached hydrogen (secondary N) is 1. The highest BCUT2D eigenvalue weighted by molar-refractivity contribution is 5.95. The quantitative estimate of drug-likeness (QED) is 0.483. The number of ether oxygens (including phenoxy) is 3. The van der Waals surface area contributed by atoms with Gasteiger partial charge >= 0.3 is 0 Å². The molecule has 1 aliphatic heterocycles. The van der Waals surface area contributed by atoms with Crippen LogP contribution in [0.2, 0.25) is 0 Å². The van der Waals surface area contributed by atoms with Gasteiger partial charge in [-0.15, -0.1) is 0 Å². The molecule has 0 radical (unpaired) electrons. The van der Waals surface area contributed by atoms with Crippen LogP contribution in [0.1, 0.15) is 33.1 Å². The van der Waals surface area contributed by atoms with E-state index in [2.05, 4.69) is 63.6 Å². The van der Waals surface area contributed by atoms with Crippen LogP contribution in [0, 0.1) is 0 Å². The number of hydrogen-bond acceptors (Lipinski definition) is 6. The van der Waals surface area contributed by atoms with Crippen molar-refractivity contribution >= 4 is 11.6 Å². The molecule has 4 rings (SSSR count). The van der Waals surface area contributed by atoms with Gasteiger partial charge in [0.15, 0.2) is 11.5 Å². The van der Waals surface area contributed by atoms with Gasteiger partial charge in [0.2, 0.25) is 5.75 Å². The third-order valence-electron chi connectivity index (χ3n) is 6.78. The van der Waals surface area contributed by atoms with Gasteiger partial charge in [-0.25, -0.2) is 0 Å². The minimum absolute atomic E-state index is 0.0283. The predicted octanol–water partition coefficient (Wildman–Crippen LogP) is 4.31. The Morgan fingerprint density at radius 2 is 1.58 bits per heavy atom. The van der Waals surface area contributed by atoms with Crippen molar-refractivity contribution in [2.24, 2.45) is 0 Å². The van der Waals surface area contributed by atoms with Crippen molar-refractivity contribution in [3.05, 3.63) is 82.9 Å². The van der Waals surface area contributed by atoms with Gasteiger partial charge in [-0.05, 0) is 47.4 Å². The zero-order chi connectivity index (χ0) is 25.7. The SMILES string of the molecule is COc1cc(C(=O)NCC(c2ccc(N(C)C)cc2)N2CCc3ccccc3C2)cc(OC)c1OC. The maximum atomic E-state index is 13.3. The maximum absolute atomic E-state index is 13.3. The Labute approximate surface area is 213 Å². The summed E-state index contributed by atoms with van der Waals surface area (Å²) < 4.78 is 16.2. The molecule has 0 aromatic heterocycles. The second kappa shape index (κ2) is 11.4. The fourth-order valence-electron chi connectivity index (χ4n) is 4.74. The number of benzene rings is 3. The van der Waals surface area contributed by atoms with E-state index in [0.717, 1.165) is 25.2 Å². The van der Waals surface area contributed by atoms with Crippen LogP contribution in [0.15, 0.2) is 60.7 Å². The molecule has 36 heavy (non-hydrogen) atoms. The molecule has 1 atom stereocenters. The van der Waals surface area contributed by atoms with Crippen LogP contribution in [-0.2, 0) is 13.0 Å². The first-order valence-electron chi connectivity index (χ1n) is 12.1. The normalized spacial score (nSPS) is 13.9. The molecule has 3 aromatic rings. The van der Waals surface area contributed by atoms with Crippen LogP contribution in [0.3, 0.4) is 0 Å². The van der Waals surface area contributed by atoms with Crippen molar-refractivity contribution in [2.75, 3.05) is 53.4 Å². The predicted molar refractivity (Wildman–Crippen MR) is 142 cm³/mol. The van der Waals surface area contributed by atoms with Gasteiger partial charge in [-0.1, -0.05) is 36.4 Å². The van der Waals surface area contributed by atoms with Gasteiger partial charge in [0.05, 0.1) is 27.4 Å². The van der Waals surface area contributed by atoms with E-state index >= 15 is 0 Å². The minimum atomic E-state index is -0.193. The number of fused-ring (bicyclic) bond motifs is 1. The Hall–Kier alpha value is -3.71. The summed E-state index contributed by atoms with van der Waals surface area (Å²) in [4.78, 5) is 17.8. The molecule has 1 amide bonds. The largest absolute Gasteiger partial charge is 0.493 e. The van der Waals surface area contributed by atoms with E-state index in [9.17, 15) is 4.79 Å². The van der Waals surface area contributed by atoms with Gasteiger partial charge < -0.3 is 24.4 Å². The van der Waals surface area contributed by atoms with Gasteiger partial charge in [0.1, 0.15) is 0 Å². The molecule has 7 heteroatoms. The molecule has 7 nitrogen and oxygen atoms in total. The number of anilines is 1. The number of carbonyl (C=O) groups is 1. The molecular weight excluding hydrogens is 454 g/mol. The van der Waals surface area contributed by atoms with E-state index in [1.807, 2.05) is 14.1 Å². The van der Waals surface area contributed by atoms with Crippen LogP contribution in [0.5, 0.6) is 17.2 Å². The Balaban J connectivity index is 1.58. The van der Waals surface area contributed by atoms with E-state index in [1.165, 1.54) is 16.7 Å². The van der Waals surface area contributed by atoms with E-state index < -0.39 is 0 Å². The van der Waals surface area contributed by atoms with Crippen LogP contribution in [0.4, 0.5) is 5.69 Å². The average molecular weight is 490 g/mol. The first-order chi connectivity index (χ1) is 17.4. The molecule has 0 fully saturated rings. The Morgan fingerprint density at radius 3 is 2.17 bits per heavy atom. The highest BCUT2D eigenvalue weighted by atomic mass is 16.5. The number of amides is 1. The smallest absolute Gasteiger partial charge is 0.251 e. The molecule has 0 aliphatic carbocycles. The molecule has 1 aliphatic rings. The van der Waals surface area contributed by atoms with E-state index in [-0.39, 0.29) is 11.9 Å². The van der Waals surface area contributed by atoms with Crippen LogP contribution < -0.4 is 24.4 Å². The van der Waals surface area contributed by atoms with Crippen LogP contribution in [-0.4, -0.2) is 59.3 Å². The standard InChI is InChI=1S/C29H35N3O4/c1-31(2)24-12-10-21(11-13-24)25(32-15-14-20-8-6-7-9-22(20)19-32)18-30-29(33)23-16-26(34-3)28(36-5)27(17-23)35-4/h6-13,16-17,25H,14-15,18-19H2,1-5H3,(H,30,33). The minimum Gasteiger partial charge on any atom is -0.493 e. The molecule has 1 heterocycles. The first kappa shape index (κ1) is 25.4. The summed E-state index contributed by atoms with van der Waals surface area (Å²) in [5, 5.41) is 3.15. The van der Waals surface area contributed by atoms with Crippen molar-refractivity contribution in [2.45, 2.75) is 19.0 Å². The highest BCUT2D eigenvalue weighted by Gasteiger charge is 2.26. The second-order valence-corrected chi connectivity index (χ2v) is 9.11. The number of rotatable bonds is 9. The average Bonchev–Trinajstić information content (AvgIpc) is 2.92. The first-order valence-corrected chi connectivity index (χ1v) is 12.1. The lowest BCUT2D eigenvalue weighted by atomic mass is 9.96. The second-order valence-electron chi connectivity index (χ2n) is 9.11. The number of methoxy groups -OCH3 is 3. The molecule has 0 bridgehead atoms. The van der Waals surface area contributed by atoms with Crippen molar-refractivity contribution in [1.29, 1.82) is 0 Å². The number of hydrogen-bond donors (Lipinski definition) is 1. The van der Waals surface area contributed by atoms with Gasteiger partial charge in [0.25, 0.3) is 5.91 Å². The van der Waals surface area contributed by atoms with Crippen molar-refractivity contribution in [3.8, 4) is 17.2 Å². The highest BCUT2D eigenvalue weighted by Crippen LogP contribution is 2.38. The number of nitrogens with zero attached hydrogens (tertiary/aromatic N) is 2. The summed E-state index contributed by atoms with van der Waals surface area (Å²) in [6, 6.07) is 20.5. The zero-order valence-electron chi connectivity index (χ0n) is 21.7. The van der Waals surface area contributed by atoms with Gasteiger partial charge in [-0.2, -0.15) is 0 Å². The fraction of sp³-hybridized carbons (Fsp3) is 0.345. The van der Waals surface area contributed by atoms with Gasteiger partial charge in [0, 0.05) is 45.0 Å². The Kier molecular flexibility index (Phi) is 8.00. The van der Waals surface area contributed by atoms with E-state index in [4.69, 9.17) is 14.2 Å². The summed E-state index contributed by atoms with van der Waals surface area (Å²) in [6.45, 7) is 2.24. The van der Waals surface area contributed by atoms with Crippen molar-refractivity contribution in [3.63, 3.8) is 0 Å². The molecule has 3 aromatic carbocycles. The Morgan fingerprint density at radius 1 is 0.944 bits per heavy atom. The lowest BCUT2D eigenvalue weighted by Crippen LogP contribution is -2.40.